The first kappa shape index (κ1) is 14.3. The summed E-state index contributed by atoms with van der Waals surface area (Å²) in [5.74, 6) is 0.302. The molecule has 18 heavy (non-hydrogen) atoms. The number of methoxy groups -OCH3 is 1. The highest BCUT2D eigenvalue weighted by Crippen LogP contribution is 2.16. The molecular formula is C10H15N3O4S. The predicted octanol–water partition coefficient (Wildman–Crippen LogP) is 0.105. The lowest BCUT2D eigenvalue weighted by molar-refractivity contribution is 0.252. The molecule has 0 atom stereocenters. The van der Waals surface area contributed by atoms with Crippen molar-refractivity contribution in [1.82, 2.24) is 5.32 Å². The third-order valence-electron chi connectivity index (χ3n) is 2.00. The van der Waals surface area contributed by atoms with Crippen molar-refractivity contribution in [2.24, 2.45) is 5.14 Å². The fourth-order valence-corrected chi connectivity index (χ4v) is 1.57. The second-order valence-electron chi connectivity index (χ2n) is 3.48. The van der Waals surface area contributed by atoms with Crippen LogP contribution in [-0.2, 0) is 10.0 Å². The van der Waals surface area contributed by atoms with Crippen LogP contribution in [0.2, 0.25) is 0 Å². The summed E-state index contributed by atoms with van der Waals surface area (Å²) in [6.07, 6.45) is 0. The minimum absolute atomic E-state index is 0.0470. The van der Waals surface area contributed by atoms with Crippen molar-refractivity contribution in [3.8, 4) is 5.75 Å². The molecule has 0 unspecified atom stereocenters. The molecule has 2 amide bonds. The molecule has 1 aromatic rings. The highest BCUT2D eigenvalue weighted by atomic mass is 32.2. The van der Waals surface area contributed by atoms with E-state index in [4.69, 9.17) is 9.88 Å². The van der Waals surface area contributed by atoms with Gasteiger partial charge < -0.3 is 15.4 Å². The van der Waals surface area contributed by atoms with Crippen LogP contribution in [0.4, 0.5) is 10.5 Å². The van der Waals surface area contributed by atoms with Crippen molar-refractivity contribution in [2.75, 3.05) is 24.7 Å². The average Bonchev–Trinajstić information content (AvgIpc) is 2.27. The smallest absolute Gasteiger partial charge is 0.319 e. The van der Waals surface area contributed by atoms with Crippen LogP contribution in [-0.4, -0.2) is 33.9 Å². The van der Waals surface area contributed by atoms with Gasteiger partial charge in [-0.2, -0.15) is 0 Å². The van der Waals surface area contributed by atoms with Crippen LogP contribution < -0.4 is 20.5 Å². The van der Waals surface area contributed by atoms with E-state index >= 15 is 0 Å². The van der Waals surface area contributed by atoms with E-state index in [1.807, 2.05) is 0 Å². The zero-order valence-corrected chi connectivity index (χ0v) is 10.7. The van der Waals surface area contributed by atoms with E-state index in [2.05, 4.69) is 10.6 Å². The number of benzene rings is 1. The number of nitrogens with one attached hydrogen (secondary N) is 2. The molecule has 0 aliphatic rings. The third-order valence-corrected chi connectivity index (χ3v) is 2.77. The number of carbonyl (C=O) groups is 1. The molecule has 8 heteroatoms. The van der Waals surface area contributed by atoms with Crippen LogP contribution in [0.3, 0.4) is 0 Å². The number of ether oxygens (including phenoxy) is 1. The summed E-state index contributed by atoms with van der Waals surface area (Å²) >= 11 is 0. The summed E-state index contributed by atoms with van der Waals surface area (Å²) in [6, 6.07) is 6.27. The van der Waals surface area contributed by atoms with Crippen LogP contribution in [0.15, 0.2) is 24.3 Å². The quantitative estimate of drug-likeness (QED) is 0.706. The number of hydrogen-bond donors (Lipinski definition) is 3. The van der Waals surface area contributed by atoms with Gasteiger partial charge in [0.1, 0.15) is 5.75 Å². The normalized spacial score (nSPS) is 10.8. The van der Waals surface area contributed by atoms with Gasteiger partial charge in [-0.15, -0.1) is 0 Å². The Kier molecular flexibility index (Phi) is 4.93. The van der Waals surface area contributed by atoms with Gasteiger partial charge in [0.25, 0.3) is 0 Å². The van der Waals surface area contributed by atoms with Gasteiger partial charge in [-0.25, -0.2) is 18.4 Å². The number of sulfonamides is 1. The average molecular weight is 273 g/mol. The van der Waals surface area contributed by atoms with Crippen molar-refractivity contribution in [1.29, 1.82) is 0 Å². The molecule has 0 aromatic heterocycles. The lowest BCUT2D eigenvalue weighted by atomic mass is 10.3. The SMILES string of the molecule is COc1cccc(NC(=O)NCCS(N)(=O)=O)c1. The minimum atomic E-state index is -3.57. The third kappa shape index (κ3) is 5.51. The molecule has 0 aliphatic heterocycles. The molecule has 1 rings (SSSR count). The van der Waals surface area contributed by atoms with Crippen molar-refractivity contribution < 1.29 is 17.9 Å². The predicted molar refractivity (Wildman–Crippen MR) is 68.0 cm³/mol. The molecule has 0 saturated heterocycles. The fourth-order valence-electron chi connectivity index (χ4n) is 1.18. The van der Waals surface area contributed by atoms with Gasteiger partial charge in [-0.05, 0) is 12.1 Å². The Morgan fingerprint density at radius 2 is 2.17 bits per heavy atom. The van der Waals surface area contributed by atoms with Crippen molar-refractivity contribution in [2.45, 2.75) is 0 Å². The van der Waals surface area contributed by atoms with E-state index in [0.29, 0.717) is 11.4 Å². The van der Waals surface area contributed by atoms with Crippen LogP contribution >= 0.6 is 0 Å². The minimum Gasteiger partial charge on any atom is -0.497 e. The molecule has 0 bridgehead atoms. The van der Waals surface area contributed by atoms with E-state index in [1.165, 1.54) is 7.11 Å². The number of primary sulfonamides is 1. The molecule has 0 radical (unpaired) electrons. The maximum Gasteiger partial charge on any atom is 0.319 e. The van der Waals surface area contributed by atoms with E-state index < -0.39 is 16.1 Å². The topological polar surface area (TPSA) is 111 Å². The molecule has 4 N–H and O–H groups in total. The lowest BCUT2D eigenvalue weighted by Gasteiger charge is -2.08. The molecule has 0 aliphatic carbocycles. The number of amides is 2. The summed E-state index contributed by atoms with van der Waals surface area (Å²) in [7, 11) is -2.05. The largest absolute Gasteiger partial charge is 0.497 e. The summed E-state index contributed by atoms with van der Waals surface area (Å²) in [5, 5.41) is 9.71. The molecule has 7 nitrogen and oxygen atoms in total. The Balaban J connectivity index is 2.44. The molecule has 1 aromatic carbocycles. The number of anilines is 1. The zero-order chi connectivity index (χ0) is 13.6. The number of nitrogens with two attached hydrogens (primary N) is 1. The molecule has 0 saturated carbocycles. The van der Waals surface area contributed by atoms with Crippen molar-refractivity contribution in [3.63, 3.8) is 0 Å². The fraction of sp³-hybridized carbons (Fsp3) is 0.300. The first-order valence-electron chi connectivity index (χ1n) is 5.10. The van der Waals surface area contributed by atoms with Gasteiger partial charge in [0.2, 0.25) is 10.0 Å². The molecule has 100 valence electrons. The number of carbonyl (C=O) groups excluding carboxylic acids is 1. The van der Waals surface area contributed by atoms with E-state index in [0.717, 1.165) is 0 Å². The Hall–Kier alpha value is -1.80. The molecule has 0 spiro atoms. The zero-order valence-electron chi connectivity index (χ0n) is 9.84. The van der Waals surface area contributed by atoms with Gasteiger partial charge in [-0.3, -0.25) is 0 Å². The Morgan fingerprint density at radius 3 is 2.78 bits per heavy atom. The van der Waals surface area contributed by atoms with Gasteiger partial charge in [0, 0.05) is 18.3 Å². The lowest BCUT2D eigenvalue weighted by Crippen LogP contribution is -2.34. The van der Waals surface area contributed by atoms with Gasteiger partial charge in [0.05, 0.1) is 12.9 Å². The summed E-state index contributed by atoms with van der Waals surface area (Å²) in [6.45, 7) is -0.0470. The number of hydrogen-bond acceptors (Lipinski definition) is 4. The van der Waals surface area contributed by atoms with Crippen LogP contribution in [0.25, 0.3) is 0 Å². The molecular weight excluding hydrogens is 258 g/mol. The first-order valence-corrected chi connectivity index (χ1v) is 6.81. The maximum atomic E-state index is 11.4. The van der Waals surface area contributed by atoms with Crippen molar-refractivity contribution >= 4 is 21.7 Å². The Bertz CT molecular complexity index is 516. The first-order chi connectivity index (χ1) is 8.40. The standard InChI is InChI=1S/C10H15N3O4S/c1-17-9-4-2-3-8(7-9)13-10(14)12-5-6-18(11,15)16/h2-4,7H,5-6H2,1H3,(H2,11,15,16)(H2,12,13,14). The number of rotatable bonds is 5. The van der Waals surface area contributed by atoms with Crippen LogP contribution in [0.5, 0.6) is 5.75 Å². The number of urea groups is 1. The van der Waals surface area contributed by atoms with Gasteiger partial charge in [0.15, 0.2) is 0 Å². The molecule has 0 fully saturated rings. The van der Waals surface area contributed by atoms with Crippen LogP contribution in [0.1, 0.15) is 0 Å². The summed E-state index contributed by atoms with van der Waals surface area (Å²) in [4.78, 5) is 11.4. The highest BCUT2D eigenvalue weighted by Gasteiger charge is 2.05. The van der Waals surface area contributed by atoms with Gasteiger partial charge in [-0.1, -0.05) is 6.07 Å². The Labute approximate surface area is 105 Å². The van der Waals surface area contributed by atoms with Crippen molar-refractivity contribution in [3.05, 3.63) is 24.3 Å². The monoisotopic (exact) mass is 273 g/mol. The highest BCUT2D eigenvalue weighted by molar-refractivity contribution is 7.89. The van der Waals surface area contributed by atoms with Crippen LogP contribution in [0, 0.1) is 0 Å². The summed E-state index contributed by atoms with van der Waals surface area (Å²) < 4.78 is 26.3. The van der Waals surface area contributed by atoms with E-state index in [-0.39, 0.29) is 12.3 Å². The van der Waals surface area contributed by atoms with E-state index in [1.54, 1.807) is 24.3 Å². The van der Waals surface area contributed by atoms with E-state index in [9.17, 15) is 13.2 Å². The Morgan fingerprint density at radius 1 is 1.44 bits per heavy atom. The summed E-state index contributed by atoms with van der Waals surface area (Å²) in [5.41, 5.74) is 0.544. The van der Waals surface area contributed by atoms with Gasteiger partial charge >= 0.3 is 6.03 Å². The second-order valence-corrected chi connectivity index (χ2v) is 5.21. The maximum absolute atomic E-state index is 11.4. The second kappa shape index (κ2) is 6.22. The molecule has 0 heterocycles.